The number of alkyl carbamates (subject to hydrolysis) is 1. The number of carbonyl (C=O) groups excluding carboxylic acids is 3. The number of carbonyl (C=O) groups is 3. The largest absolute Gasteiger partial charge is 0.508 e. The van der Waals surface area contributed by atoms with Gasteiger partial charge in [0.1, 0.15) is 23.4 Å². The van der Waals surface area contributed by atoms with Crippen molar-refractivity contribution in [2.45, 2.75) is 96.0 Å². The van der Waals surface area contributed by atoms with Crippen LogP contribution in [0.15, 0.2) is 24.3 Å². The molecule has 2 aliphatic rings. The van der Waals surface area contributed by atoms with Gasteiger partial charge in [-0.2, -0.15) is 0 Å². The van der Waals surface area contributed by atoms with Crippen molar-refractivity contribution in [2.75, 3.05) is 6.61 Å². The third kappa shape index (κ3) is 7.34. The zero-order chi connectivity index (χ0) is 25.8. The van der Waals surface area contributed by atoms with Gasteiger partial charge in [0.05, 0.1) is 6.61 Å². The predicted octanol–water partition coefficient (Wildman–Crippen LogP) is 3.00. The van der Waals surface area contributed by atoms with Crippen molar-refractivity contribution in [3.05, 3.63) is 29.8 Å². The van der Waals surface area contributed by atoms with Crippen molar-refractivity contribution in [1.29, 1.82) is 0 Å². The maximum absolute atomic E-state index is 13.7. The summed E-state index contributed by atoms with van der Waals surface area (Å²) in [5, 5.41) is 25.4. The highest BCUT2D eigenvalue weighted by atomic mass is 16.6. The van der Waals surface area contributed by atoms with Crippen LogP contribution >= 0.6 is 0 Å². The van der Waals surface area contributed by atoms with Gasteiger partial charge in [-0.05, 0) is 63.6 Å². The third-order valence-corrected chi connectivity index (χ3v) is 6.54. The predicted molar refractivity (Wildman–Crippen MR) is 131 cm³/mol. The van der Waals surface area contributed by atoms with E-state index in [1.807, 2.05) is 6.92 Å². The average Bonchev–Trinajstić information content (AvgIpc) is 3.51. The first-order chi connectivity index (χ1) is 16.5. The summed E-state index contributed by atoms with van der Waals surface area (Å²) in [6.07, 6.45) is 4.91. The van der Waals surface area contributed by atoms with Gasteiger partial charge in [-0.3, -0.25) is 9.59 Å². The third-order valence-electron chi connectivity index (χ3n) is 6.54. The Morgan fingerprint density at radius 3 is 2.23 bits per heavy atom. The van der Waals surface area contributed by atoms with E-state index >= 15 is 0 Å². The second-order valence-electron chi connectivity index (χ2n) is 10.7. The van der Waals surface area contributed by atoms with Crippen LogP contribution in [0, 0.1) is 5.92 Å². The molecule has 4 unspecified atom stereocenters. The van der Waals surface area contributed by atoms with Gasteiger partial charge >= 0.3 is 6.09 Å². The molecule has 1 aromatic carbocycles. The van der Waals surface area contributed by atoms with E-state index in [9.17, 15) is 24.6 Å². The second-order valence-corrected chi connectivity index (χ2v) is 10.7. The first kappa shape index (κ1) is 26.8. The molecule has 1 aromatic rings. The fraction of sp³-hybridized carbons (Fsp3) is 0.654. The van der Waals surface area contributed by atoms with E-state index in [1.165, 1.54) is 17.0 Å². The molecule has 2 fully saturated rings. The number of aromatic hydroxyl groups is 1. The Labute approximate surface area is 207 Å². The molecule has 0 aliphatic heterocycles. The molecule has 35 heavy (non-hydrogen) atoms. The number of hydrogen-bond acceptors (Lipinski definition) is 6. The molecule has 0 radical (unpaired) electrons. The first-order valence-corrected chi connectivity index (χ1v) is 12.5. The normalized spacial score (nSPS) is 22.0. The Hall–Kier alpha value is -2.81. The number of aliphatic hydroxyl groups excluding tert-OH is 1. The van der Waals surface area contributed by atoms with Gasteiger partial charge in [-0.25, -0.2) is 4.79 Å². The van der Waals surface area contributed by atoms with Gasteiger partial charge in [0.15, 0.2) is 0 Å². The summed E-state index contributed by atoms with van der Waals surface area (Å²) in [6, 6.07) is 3.82. The van der Waals surface area contributed by atoms with Crippen molar-refractivity contribution < 1.29 is 29.3 Å². The van der Waals surface area contributed by atoms with Crippen LogP contribution in [0.4, 0.5) is 4.79 Å². The molecule has 3 amide bonds. The van der Waals surface area contributed by atoms with Gasteiger partial charge in [-0.1, -0.05) is 38.3 Å². The monoisotopic (exact) mass is 489 g/mol. The average molecular weight is 490 g/mol. The molecule has 4 N–H and O–H groups in total. The summed E-state index contributed by atoms with van der Waals surface area (Å²) in [7, 11) is 0. The van der Waals surface area contributed by atoms with Gasteiger partial charge in [0.2, 0.25) is 11.8 Å². The number of ether oxygens (including phenoxy) is 1. The Morgan fingerprint density at radius 1 is 1.11 bits per heavy atom. The second kappa shape index (κ2) is 11.3. The summed E-state index contributed by atoms with van der Waals surface area (Å²) < 4.78 is 5.26. The number of hydrogen-bond donors (Lipinski definition) is 4. The lowest BCUT2D eigenvalue weighted by Gasteiger charge is -2.36. The van der Waals surface area contributed by atoms with Crippen molar-refractivity contribution in [2.24, 2.45) is 5.92 Å². The van der Waals surface area contributed by atoms with Crippen LogP contribution in [0.25, 0.3) is 0 Å². The molecule has 4 atom stereocenters. The quantitative estimate of drug-likeness (QED) is 0.444. The highest BCUT2D eigenvalue weighted by molar-refractivity contribution is 5.92. The maximum Gasteiger partial charge on any atom is 0.408 e. The van der Waals surface area contributed by atoms with E-state index in [0.29, 0.717) is 12.0 Å². The van der Waals surface area contributed by atoms with Gasteiger partial charge < -0.3 is 30.5 Å². The van der Waals surface area contributed by atoms with Crippen LogP contribution in [0.2, 0.25) is 0 Å². The SMILES string of the molecule is CC1CC1N(C(=O)C(CO)NC(=O)OC(C)(C)C)C(C(=O)NC1CCCCC1)c1ccc(O)cc1. The van der Waals surface area contributed by atoms with Crippen molar-refractivity contribution in [3.8, 4) is 5.75 Å². The van der Waals surface area contributed by atoms with E-state index in [0.717, 1.165) is 32.1 Å². The lowest BCUT2D eigenvalue weighted by Crippen LogP contribution is -2.56. The highest BCUT2D eigenvalue weighted by Gasteiger charge is 2.48. The van der Waals surface area contributed by atoms with Crippen molar-refractivity contribution in [1.82, 2.24) is 15.5 Å². The van der Waals surface area contributed by atoms with Crippen molar-refractivity contribution >= 4 is 17.9 Å². The van der Waals surface area contributed by atoms with Crippen LogP contribution in [-0.4, -0.2) is 63.4 Å². The highest BCUT2D eigenvalue weighted by Crippen LogP contribution is 2.41. The van der Waals surface area contributed by atoms with Crippen LogP contribution in [0.3, 0.4) is 0 Å². The van der Waals surface area contributed by atoms with E-state index in [4.69, 9.17) is 4.74 Å². The van der Waals surface area contributed by atoms with Crippen LogP contribution in [0.1, 0.15) is 77.8 Å². The van der Waals surface area contributed by atoms with Crippen LogP contribution < -0.4 is 10.6 Å². The number of nitrogens with one attached hydrogen (secondary N) is 2. The zero-order valence-corrected chi connectivity index (χ0v) is 21.1. The van der Waals surface area contributed by atoms with E-state index in [1.54, 1.807) is 32.9 Å². The Kier molecular flexibility index (Phi) is 8.64. The summed E-state index contributed by atoms with van der Waals surface area (Å²) in [5.41, 5.74) is -0.218. The summed E-state index contributed by atoms with van der Waals surface area (Å²) in [5.74, 6) is -0.631. The minimum atomic E-state index is -1.26. The Balaban J connectivity index is 1.90. The molecule has 0 heterocycles. The number of rotatable bonds is 8. The van der Waals surface area contributed by atoms with Crippen molar-refractivity contribution in [3.63, 3.8) is 0 Å². The van der Waals surface area contributed by atoms with E-state index in [2.05, 4.69) is 10.6 Å². The minimum absolute atomic E-state index is 0.0398. The smallest absolute Gasteiger partial charge is 0.408 e. The Morgan fingerprint density at radius 2 is 1.71 bits per heavy atom. The summed E-state index contributed by atoms with van der Waals surface area (Å²) in [4.78, 5) is 41.3. The number of amides is 3. The number of nitrogens with zero attached hydrogens (tertiary/aromatic N) is 1. The number of aliphatic hydroxyl groups is 1. The van der Waals surface area contributed by atoms with Crippen LogP contribution in [-0.2, 0) is 14.3 Å². The number of phenolic OH excluding ortho intramolecular Hbond substituents is 1. The molecule has 0 bridgehead atoms. The number of phenols is 1. The molecule has 0 spiro atoms. The molecular weight excluding hydrogens is 450 g/mol. The maximum atomic E-state index is 13.7. The minimum Gasteiger partial charge on any atom is -0.508 e. The molecule has 0 aromatic heterocycles. The molecular formula is C26H39N3O6. The molecule has 9 nitrogen and oxygen atoms in total. The standard InChI is InChI=1S/C26H39N3O6/c1-16-14-21(16)29(24(33)20(15-30)28-25(34)35-26(2,3)4)22(17-10-12-19(31)13-11-17)23(32)27-18-8-6-5-7-9-18/h10-13,16,18,20-22,30-31H,5-9,14-15H2,1-4H3,(H,27,32)(H,28,34). The zero-order valence-electron chi connectivity index (χ0n) is 21.1. The molecule has 194 valence electrons. The molecule has 9 heteroatoms. The van der Waals surface area contributed by atoms with Crippen LogP contribution in [0.5, 0.6) is 5.75 Å². The van der Waals surface area contributed by atoms with Gasteiger partial charge in [0.25, 0.3) is 0 Å². The molecule has 3 rings (SSSR count). The molecule has 2 saturated carbocycles. The van der Waals surface area contributed by atoms with E-state index < -0.39 is 36.3 Å². The topological polar surface area (TPSA) is 128 Å². The summed E-state index contributed by atoms with van der Waals surface area (Å²) >= 11 is 0. The fourth-order valence-corrected chi connectivity index (χ4v) is 4.61. The van der Waals surface area contributed by atoms with Gasteiger partial charge in [-0.15, -0.1) is 0 Å². The lowest BCUT2D eigenvalue weighted by atomic mass is 9.94. The summed E-state index contributed by atoms with van der Waals surface area (Å²) in [6.45, 7) is 6.47. The number of benzene rings is 1. The van der Waals surface area contributed by atoms with E-state index in [-0.39, 0.29) is 29.7 Å². The lowest BCUT2D eigenvalue weighted by molar-refractivity contribution is -0.144. The Bertz CT molecular complexity index is 891. The molecule has 2 aliphatic carbocycles. The fourth-order valence-electron chi connectivity index (χ4n) is 4.61. The van der Waals surface area contributed by atoms with Gasteiger partial charge in [0, 0.05) is 12.1 Å². The first-order valence-electron chi connectivity index (χ1n) is 12.5. The molecule has 0 saturated heterocycles.